The molecular weight excluding hydrogens is 638 g/mol. The van der Waals surface area contributed by atoms with Crippen LogP contribution in [0.2, 0.25) is 0 Å². The van der Waals surface area contributed by atoms with Gasteiger partial charge in [-0.05, 0) is 73.5 Å². The number of aromatic nitrogens is 2. The van der Waals surface area contributed by atoms with Crippen LogP contribution in [-0.2, 0) is 24.0 Å². The molecule has 0 spiro atoms. The molecule has 1 aliphatic heterocycles. The van der Waals surface area contributed by atoms with Crippen LogP contribution in [0.15, 0.2) is 18.6 Å². The predicted molar refractivity (Wildman–Crippen MR) is 183 cm³/mol. The lowest BCUT2D eigenvalue weighted by Crippen LogP contribution is -2.62. The molecule has 4 N–H and O–H groups in total. The molecule has 5 aliphatic rings. The number of Topliss-reactive ketones (excluding diaryl/α,β-unsaturated/α-hetero) is 1. The van der Waals surface area contributed by atoms with Gasteiger partial charge in [0.1, 0.15) is 23.3 Å². The molecular formula is C37H53N7O6. The van der Waals surface area contributed by atoms with Crippen molar-refractivity contribution in [3.8, 4) is 0 Å². The normalized spacial score (nSPS) is 30.4. The van der Waals surface area contributed by atoms with Crippen LogP contribution in [0.5, 0.6) is 0 Å². The first-order chi connectivity index (χ1) is 23.8. The lowest BCUT2D eigenvalue weighted by atomic mass is 9.83. The molecule has 1 saturated heterocycles. The molecule has 6 rings (SSSR count). The number of nitrogens with one attached hydrogen (secondary N) is 4. The van der Waals surface area contributed by atoms with E-state index in [4.69, 9.17) is 0 Å². The van der Waals surface area contributed by atoms with Gasteiger partial charge >= 0.3 is 0 Å². The quantitative estimate of drug-likeness (QED) is 0.215. The SMILES string of the molecule is CCCC(NC(=O)[C@@H]1[C@@H](C(C)C)CCN1C(=O)C1(NC(=O)[C@@H](NC(=O)c2cnccn2)C2CCCCC2)CC1(C)C)C(=O)C(=O)NC1C2CC21. The van der Waals surface area contributed by atoms with Crippen LogP contribution in [-0.4, -0.2) is 86.4 Å². The zero-order chi connectivity index (χ0) is 36.0. The first-order valence-corrected chi connectivity index (χ1v) is 18.6. The Morgan fingerprint density at radius 1 is 0.980 bits per heavy atom. The highest BCUT2D eigenvalue weighted by atomic mass is 16.2. The van der Waals surface area contributed by atoms with Crippen LogP contribution >= 0.6 is 0 Å². The topological polar surface area (TPSA) is 180 Å². The zero-order valence-corrected chi connectivity index (χ0v) is 30.0. The number of ketones is 1. The number of nitrogens with zero attached hydrogens (tertiary/aromatic N) is 3. The fraction of sp³-hybridized carbons (Fsp3) is 0.730. The van der Waals surface area contributed by atoms with E-state index in [1.165, 1.54) is 18.6 Å². The number of amides is 5. The second-order valence-corrected chi connectivity index (χ2v) is 16.3. The molecule has 5 amide bonds. The monoisotopic (exact) mass is 691 g/mol. The van der Waals surface area contributed by atoms with E-state index >= 15 is 0 Å². The van der Waals surface area contributed by atoms with Crippen molar-refractivity contribution in [1.82, 2.24) is 36.1 Å². The van der Waals surface area contributed by atoms with Crippen LogP contribution in [0.4, 0.5) is 0 Å². The smallest absolute Gasteiger partial charge is 0.289 e. The van der Waals surface area contributed by atoms with E-state index in [0.29, 0.717) is 44.1 Å². The summed E-state index contributed by atoms with van der Waals surface area (Å²) in [4.78, 5) is 92.0. The fourth-order valence-electron chi connectivity index (χ4n) is 8.55. The molecule has 1 aromatic rings. The van der Waals surface area contributed by atoms with Crippen LogP contribution in [0.3, 0.4) is 0 Å². The average Bonchev–Trinajstić information content (AvgIpc) is 4.05. The maximum Gasteiger partial charge on any atom is 0.289 e. The fourth-order valence-corrected chi connectivity index (χ4v) is 8.55. The van der Waals surface area contributed by atoms with Crippen LogP contribution in [0.1, 0.15) is 109 Å². The van der Waals surface area contributed by atoms with Gasteiger partial charge in [0.15, 0.2) is 0 Å². The Bertz CT molecular complexity index is 1500. The molecule has 4 unspecified atom stereocenters. The van der Waals surface area contributed by atoms with Gasteiger partial charge in [0, 0.05) is 25.0 Å². The summed E-state index contributed by atoms with van der Waals surface area (Å²) in [5.74, 6) is -2.32. The van der Waals surface area contributed by atoms with Gasteiger partial charge in [0.2, 0.25) is 23.5 Å². The number of fused-ring (bicyclic) bond motifs is 1. The summed E-state index contributed by atoms with van der Waals surface area (Å²) in [5.41, 5.74) is -1.78. The molecule has 2 heterocycles. The lowest BCUT2D eigenvalue weighted by Gasteiger charge is -2.36. The van der Waals surface area contributed by atoms with E-state index in [1.807, 2.05) is 34.6 Å². The summed E-state index contributed by atoms with van der Waals surface area (Å²) in [6.07, 6.45) is 11.7. The number of carbonyl (C=O) groups is 6. The summed E-state index contributed by atoms with van der Waals surface area (Å²) in [5, 5.41) is 11.7. The van der Waals surface area contributed by atoms with Gasteiger partial charge in [-0.1, -0.05) is 60.3 Å². The highest BCUT2D eigenvalue weighted by molar-refractivity contribution is 6.38. The van der Waals surface area contributed by atoms with E-state index in [1.54, 1.807) is 4.90 Å². The third-order valence-corrected chi connectivity index (χ3v) is 12.2. The highest BCUT2D eigenvalue weighted by Gasteiger charge is 2.70. The minimum atomic E-state index is -1.28. The third kappa shape index (κ3) is 7.01. The molecule has 7 atom stereocenters. The maximum atomic E-state index is 14.7. The summed E-state index contributed by atoms with van der Waals surface area (Å²) >= 11 is 0. The van der Waals surface area contributed by atoms with Crippen molar-refractivity contribution in [2.45, 2.75) is 129 Å². The summed E-state index contributed by atoms with van der Waals surface area (Å²) < 4.78 is 0. The molecule has 50 heavy (non-hydrogen) atoms. The van der Waals surface area contributed by atoms with Crippen LogP contribution < -0.4 is 21.3 Å². The molecule has 4 saturated carbocycles. The second-order valence-electron chi connectivity index (χ2n) is 16.3. The molecule has 13 heteroatoms. The Morgan fingerprint density at radius 2 is 1.68 bits per heavy atom. The predicted octanol–water partition coefficient (Wildman–Crippen LogP) is 2.30. The van der Waals surface area contributed by atoms with Crippen molar-refractivity contribution < 1.29 is 28.8 Å². The maximum absolute atomic E-state index is 14.7. The summed E-state index contributed by atoms with van der Waals surface area (Å²) in [6.45, 7) is 10.1. The van der Waals surface area contributed by atoms with Gasteiger partial charge in [-0.15, -0.1) is 0 Å². The minimum Gasteiger partial charge on any atom is -0.346 e. The molecule has 0 radical (unpaired) electrons. The molecule has 5 fully saturated rings. The third-order valence-electron chi connectivity index (χ3n) is 12.2. The van der Waals surface area contributed by atoms with Crippen molar-refractivity contribution in [3.63, 3.8) is 0 Å². The van der Waals surface area contributed by atoms with Crippen molar-refractivity contribution in [3.05, 3.63) is 24.3 Å². The van der Waals surface area contributed by atoms with Crippen molar-refractivity contribution in [2.24, 2.45) is 35.0 Å². The van der Waals surface area contributed by atoms with E-state index in [9.17, 15) is 28.8 Å². The Hall–Kier alpha value is -3.90. The van der Waals surface area contributed by atoms with Crippen LogP contribution in [0.25, 0.3) is 0 Å². The van der Waals surface area contributed by atoms with Crippen molar-refractivity contribution in [2.75, 3.05) is 6.54 Å². The highest BCUT2D eigenvalue weighted by Crippen LogP contribution is 2.62. The molecule has 4 aliphatic carbocycles. The first-order valence-electron chi connectivity index (χ1n) is 18.6. The largest absolute Gasteiger partial charge is 0.346 e. The van der Waals surface area contributed by atoms with E-state index in [-0.39, 0.29) is 35.4 Å². The lowest BCUT2D eigenvalue weighted by molar-refractivity contribution is -0.146. The standard InChI is InChI=1S/C37H53N7O6/c1-6-10-25(30(45)34(49)42-28-23-17-24(23)28)40-33(48)29-22(20(2)3)13-16-44(29)35(50)37(19-36(37,4)5)43-32(47)27(21-11-8-7-9-12-21)41-31(46)26-18-38-14-15-39-26/h14-15,18,20-25,27-29H,6-13,16-17,19H2,1-5H3,(H,40,48)(H,41,46)(H,42,49)(H,43,47)/t22-,23?,24?,25?,27+,28?,29+,37?/m1/s1. The second kappa shape index (κ2) is 14.0. The average molecular weight is 692 g/mol. The molecule has 1 aromatic heterocycles. The number of hydrogen-bond donors (Lipinski definition) is 4. The minimum absolute atomic E-state index is 0.0542. The van der Waals surface area contributed by atoms with E-state index < -0.39 is 58.5 Å². The summed E-state index contributed by atoms with van der Waals surface area (Å²) in [7, 11) is 0. The van der Waals surface area contributed by atoms with Gasteiger partial charge in [-0.3, -0.25) is 33.8 Å². The Morgan fingerprint density at radius 3 is 2.24 bits per heavy atom. The molecule has 272 valence electrons. The van der Waals surface area contributed by atoms with Gasteiger partial charge in [0.25, 0.3) is 11.8 Å². The zero-order valence-electron chi connectivity index (χ0n) is 30.0. The Labute approximate surface area is 294 Å². The molecule has 0 bridgehead atoms. The Kier molecular flexibility index (Phi) is 10.1. The van der Waals surface area contributed by atoms with E-state index in [0.717, 1.165) is 38.5 Å². The van der Waals surface area contributed by atoms with Gasteiger partial charge < -0.3 is 26.2 Å². The van der Waals surface area contributed by atoms with Gasteiger partial charge in [-0.25, -0.2) is 4.98 Å². The molecule has 13 nitrogen and oxygen atoms in total. The van der Waals surface area contributed by atoms with Crippen LogP contribution in [0, 0.1) is 35.0 Å². The van der Waals surface area contributed by atoms with E-state index in [2.05, 4.69) is 31.2 Å². The summed E-state index contributed by atoms with van der Waals surface area (Å²) in [6, 6.07) is -2.66. The van der Waals surface area contributed by atoms with Crippen molar-refractivity contribution >= 4 is 35.3 Å². The van der Waals surface area contributed by atoms with Gasteiger partial charge in [-0.2, -0.15) is 0 Å². The number of hydrogen-bond acceptors (Lipinski definition) is 8. The number of likely N-dealkylation sites (tertiary alicyclic amines) is 1. The Balaban J connectivity index is 1.20. The number of carbonyl (C=O) groups excluding carboxylic acids is 6. The van der Waals surface area contributed by atoms with Crippen molar-refractivity contribution in [1.29, 1.82) is 0 Å². The number of rotatable bonds is 14. The molecule has 0 aromatic carbocycles. The van der Waals surface area contributed by atoms with Gasteiger partial charge in [0.05, 0.1) is 12.2 Å². The first kappa shape index (κ1) is 35.9.